The standard InChI is InChI=1S/C30H43NO3/c1-6-33-29(32)21-11-14-23(18-21)31-19-27-26-10-8-7-9-25(26)20(2)17-28(27)34-24-15-12-22(13-16-24)30(3,4)5/h7-10,17,21-24,31H,6,11-16,18-19H2,1-5H3. The fraction of sp³-hybridized carbons (Fsp3) is 0.633. The molecule has 0 heterocycles. The number of carbonyl (C=O) groups is 1. The molecular formula is C30H43NO3. The van der Waals surface area contributed by atoms with Crippen LogP contribution in [0.1, 0.15) is 83.8 Å². The van der Waals surface area contributed by atoms with Gasteiger partial charge in [-0.3, -0.25) is 4.79 Å². The number of hydrogen-bond acceptors (Lipinski definition) is 4. The third-order valence-corrected chi connectivity index (χ3v) is 8.13. The van der Waals surface area contributed by atoms with Crippen molar-refractivity contribution >= 4 is 16.7 Å². The number of nitrogens with one attached hydrogen (secondary N) is 1. The van der Waals surface area contributed by atoms with Gasteiger partial charge in [0.15, 0.2) is 0 Å². The Morgan fingerprint density at radius 1 is 1.03 bits per heavy atom. The van der Waals surface area contributed by atoms with Gasteiger partial charge in [0.05, 0.1) is 18.6 Å². The quantitative estimate of drug-likeness (QED) is 0.449. The van der Waals surface area contributed by atoms with Crippen molar-refractivity contribution in [2.75, 3.05) is 6.61 Å². The number of esters is 1. The molecule has 2 aliphatic rings. The smallest absolute Gasteiger partial charge is 0.308 e. The Kier molecular flexibility index (Phi) is 7.87. The molecule has 2 aromatic rings. The van der Waals surface area contributed by atoms with Crippen LogP contribution in [0.2, 0.25) is 0 Å². The van der Waals surface area contributed by atoms with E-state index in [1.54, 1.807) is 0 Å². The van der Waals surface area contributed by atoms with Gasteiger partial charge in [0.1, 0.15) is 5.75 Å². The molecule has 186 valence electrons. The zero-order valence-electron chi connectivity index (χ0n) is 21.8. The third kappa shape index (κ3) is 5.76. The zero-order chi connectivity index (χ0) is 24.3. The highest BCUT2D eigenvalue weighted by Crippen LogP contribution is 2.40. The van der Waals surface area contributed by atoms with Crippen molar-refractivity contribution < 1.29 is 14.3 Å². The van der Waals surface area contributed by atoms with Crippen LogP contribution in [0.25, 0.3) is 10.8 Å². The lowest BCUT2D eigenvalue weighted by molar-refractivity contribution is -0.147. The summed E-state index contributed by atoms with van der Waals surface area (Å²) in [6.07, 6.45) is 7.81. The average Bonchev–Trinajstić information content (AvgIpc) is 3.28. The summed E-state index contributed by atoms with van der Waals surface area (Å²) in [6.45, 7) is 12.4. The van der Waals surface area contributed by atoms with Crippen LogP contribution >= 0.6 is 0 Å². The third-order valence-electron chi connectivity index (χ3n) is 8.13. The molecule has 2 aromatic carbocycles. The molecule has 2 atom stereocenters. The SMILES string of the molecule is CCOC(=O)C1CCC(NCc2c(OC3CCC(C(C)(C)C)CC3)cc(C)c3ccccc23)C1. The molecule has 0 radical (unpaired) electrons. The first-order chi connectivity index (χ1) is 16.3. The van der Waals surface area contributed by atoms with Crippen LogP contribution in [0.5, 0.6) is 5.75 Å². The van der Waals surface area contributed by atoms with Crippen LogP contribution in [-0.2, 0) is 16.1 Å². The molecule has 2 unspecified atom stereocenters. The van der Waals surface area contributed by atoms with Crippen molar-refractivity contribution in [3.63, 3.8) is 0 Å². The van der Waals surface area contributed by atoms with E-state index in [0.717, 1.165) is 50.3 Å². The number of aryl methyl sites for hydroxylation is 1. The Bertz CT molecular complexity index is 984. The molecule has 2 aliphatic carbocycles. The van der Waals surface area contributed by atoms with E-state index in [2.05, 4.69) is 63.3 Å². The fourth-order valence-corrected chi connectivity index (χ4v) is 5.99. The maximum atomic E-state index is 12.2. The highest BCUT2D eigenvalue weighted by atomic mass is 16.5. The van der Waals surface area contributed by atoms with Gasteiger partial charge in [-0.15, -0.1) is 0 Å². The van der Waals surface area contributed by atoms with Crippen LogP contribution in [0.15, 0.2) is 30.3 Å². The first-order valence-corrected chi connectivity index (χ1v) is 13.3. The Balaban J connectivity index is 1.49. The minimum absolute atomic E-state index is 0.0286. The normalized spacial score (nSPS) is 25.4. The van der Waals surface area contributed by atoms with Crippen molar-refractivity contribution in [1.82, 2.24) is 5.32 Å². The van der Waals surface area contributed by atoms with Gasteiger partial charge in [-0.1, -0.05) is 45.0 Å². The minimum atomic E-state index is -0.0394. The molecule has 2 fully saturated rings. The van der Waals surface area contributed by atoms with Gasteiger partial charge in [0.25, 0.3) is 0 Å². The van der Waals surface area contributed by atoms with Crippen LogP contribution < -0.4 is 10.1 Å². The number of fused-ring (bicyclic) bond motifs is 1. The molecule has 2 saturated carbocycles. The molecule has 0 bridgehead atoms. The summed E-state index contributed by atoms with van der Waals surface area (Å²) in [4.78, 5) is 12.2. The summed E-state index contributed by atoms with van der Waals surface area (Å²) in [5.41, 5.74) is 2.89. The number of rotatable bonds is 7. The largest absolute Gasteiger partial charge is 0.490 e. The van der Waals surface area contributed by atoms with Crippen molar-refractivity contribution in [3.05, 3.63) is 41.5 Å². The van der Waals surface area contributed by atoms with Gasteiger partial charge >= 0.3 is 5.97 Å². The molecule has 4 nitrogen and oxygen atoms in total. The number of carbonyl (C=O) groups excluding carboxylic acids is 1. The lowest BCUT2D eigenvalue weighted by Crippen LogP contribution is -2.31. The average molecular weight is 466 g/mol. The minimum Gasteiger partial charge on any atom is -0.490 e. The maximum absolute atomic E-state index is 12.2. The van der Waals surface area contributed by atoms with Gasteiger partial charge in [0.2, 0.25) is 0 Å². The molecule has 0 amide bonds. The Morgan fingerprint density at radius 2 is 1.74 bits per heavy atom. The first kappa shape index (κ1) is 25.0. The predicted octanol–water partition coefficient (Wildman–Crippen LogP) is 6.95. The summed E-state index contributed by atoms with van der Waals surface area (Å²) in [5, 5.41) is 6.32. The number of hydrogen-bond donors (Lipinski definition) is 1. The van der Waals surface area contributed by atoms with Crippen molar-refractivity contribution in [2.24, 2.45) is 17.3 Å². The Labute approximate surface area is 205 Å². The second kappa shape index (κ2) is 10.7. The molecule has 4 rings (SSSR count). The van der Waals surface area contributed by atoms with E-state index < -0.39 is 0 Å². The van der Waals surface area contributed by atoms with E-state index >= 15 is 0 Å². The topological polar surface area (TPSA) is 47.6 Å². The first-order valence-electron chi connectivity index (χ1n) is 13.3. The summed E-state index contributed by atoms with van der Waals surface area (Å²) in [5.74, 6) is 1.80. The van der Waals surface area contributed by atoms with Crippen LogP contribution in [0.4, 0.5) is 0 Å². The fourth-order valence-electron chi connectivity index (χ4n) is 5.99. The van der Waals surface area contributed by atoms with Crippen LogP contribution in [-0.4, -0.2) is 24.7 Å². The van der Waals surface area contributed by atoms with Gasteiger partial charge in [-0.25, -0.2) is 0 Å². The van der Waals surface area contributed by atoms with E-state index in [1.807, 2.05) is 6.92 Å². The summed E-state index contributed by atoms with van der Waals surface area (Å²) in [7, 11) is 0. The van der Waals surface area contributed by atoms with Crippen molar-refractivity contribution in [2.45, 2.75) is 98.3 Å². The molecule has 0 aliphatic heterocycles. The summed E-state index contributed by atoms with van der Waals surface area (Å²) >= 11 is 0. The van der Waals surface area contributed by atoms with Gasteiger partial charge < -0.3 is 14.8 Å². The van der Waals surface area contributed by atoms with Crippen molar-refractivity contribution in [1.29, 1.82) is 0 Å². The molecular weight excluding hydrogens is 422 g/mol. The molecule has 4 heteroatoms. The highest BCUT2D eigenvalue weighted by Gasteiger charge is 2.32. The van der Waals surface area contributed by atoms with E-state index in [1.165, 1.54) is 34.7 Å². The Hall–Kier alpha value is -2.07. The van der Waals surface area contributed by atoms with Crippen LogP contribution in [0, 0.1) is 24.2 Å². The maximum Gasteiger partial charge on any atom is 0.308 e. The van der Waals surface area contributed by atoms with Gasteiger partial charge in [-0.05, 0) is 92.5 Å². The lowest BCUT2D eigenvalue weighted by Gasteiger charge is -2.37. The molecule has 0 saturated heterocycles. The number of ether oxygens (including phenoxy) is 2. The molecule has 0 spiro atoms. The highest BCUT2D eigenvalue weighted by molar-refractivity contribution is 5.90. The summed E-state index contributed by atoms with van der Waals surface area (Å²) in [6, 6.07) is 11.2. The van der Waals surface area contributed by atoms with E-state index in [0.29, 0.717) is 18.1 Å². The van der Waals surface area contributed by atoms with Gasteiger partial charge in [0, 0.05) is 18.2 Å². The van der Waals surface area contributed by atoms with E-state index in [4.69, 9.17) is 9.47 Å². The van der Waals surface area contributed by atoms with E-state index in [9.17, 15) is 4.79 Å². The monoisotopic (exact) mass is 465 g/mol. The second-order valence-electron chi connectivity index (χ2n) is 11.5. The van der Waals surface area contributed by atoms with Gasteiger partial charge in [-0.2, -0.15) is 0 Å². The zero-order valence-corrected chi connectivity index (χ0v) is 21.8. The number of benzene rings is 2. The van der Waals surface area contributed by atoms with E-state index in [-0.39, 0.29) is 18.0 Å². The molecule has 0 aromatic heterocycles. The Morgan fingerprint density at radius 3 is 2.41 bits per heavy atom. The summed E-state index contributed by atoms with van der Waals surface area (Å²) < 4.78 is 12.0. The predicted molar refractivity (Wildman–Crippen MR) is 139 cm³/mol. The molecule has 34 heavy (non-hydrogen) atoms. The lowest BCUT2D eigenvalue weighted by atomic mass is 9.72. The second-order valence-corrected chi connectivity index (χ2v) is 11.5. The van der Waals surface area contributed by atoms with Crippen LogP contribution in [0.3, 0.4) is 0 Å². The van der Waals surface area contributed by atoms with Crippen molar-refractivity contribution in [3.8, 4) is 5.75 Å². The molecule has 1 N–H and O–H groups in total.